The van der Waals surface area contributed by atoms with Gasteiger partial charge in [0.2, 0.25) is 0 Å². The highest BCUT2D eigenvalue weighted by molar-refractivity contribution is 5.88. The molecule has 2 nitrogen and oxygen atoms in total. The molecule has 0 spiro atoms. The van der Waals surface area contributed by atoms with Gasteiger partial charge in [-0.05, 0) is 97.2 Å². The van der Waals surface area contributed by atoms with Crippen molar-refractivity contribution in [3.05, 3.63) is 12.2 Å². The van der Waals surface area contributed by atoms with Crippen molar-refractivity contribution >= 4 is 5.71 Å². The molecule has 0 unspecified atom stereocenters. The average Bonchev–Trinajstić information content (AvgIpc) is 3.08. The number of allylic oxidation sites excluding steroid dienone is 1. The molecule has 0 saturated heterocycles. The molecule has 4 aliphatic carbocycles. The van der Waals surface area contributed by atoms with E-state index in [2.05, 4.69) is 46.4 Å². The van der Waals surface area contributed by atoms with E-state index in [0.717, 1.165) is 41.6 Å². The zero-order valence-electron chi connectivity index (χ0n) is 21.3. The second kappa shape index (κ2) is 8.28. The molecule has 0 aromatic heterocycles. The molecule has 0 bridgehead atoms. The third kappa shape index (κ3) is 3.49. The van der Waals surface area contributed by atoms with E-state index < -0.39 is 6.40 Å². The van der Waals surface area contributed by atoms with Crippen LogP contribution in [0.5, 0.6) is 0 Å². The quantitative estimate of drug-likeness (QED) is 0.275. The zero-order chi connectivity index (χ0) is 22.6. The minimum absolute atomic E-state index is 0.0474. The molecule has 0 aromatic rings. The SMILES string of the molecule is [2H][C@H]1C(=C)[C@@]2(C)[C@H](CC[C@H]3[C@@H]4CC[C@H]([C@H](C)CCCC(C)C)[C@@]4(C)CC[C@@H]32)C/C1=N/O. The molecular weight excluding hydrogens is 366 g/mol. The maximum atomic E-state index is 9.44. The normalized spacial score (nSPS) is 48.8. The van der Waals surface area contributed by atoms with Crippen LogP contribution in [0.4, 0.5) is 0 Å². The van der Waals surface area contributed by atoms with Crippen molar-refractivity contribution in [2.75, 3.05) is 0 Å². The summed E-state index contributed by atoms with van der Waals surface area (Å²) in [5.74, 6) is 5.39. The lowest BCUT2D eigenvalue weighted by Crippen LogP contribution is -2.54. The summed E-state index contributed by atoms with van der Waals surface area (Å²) in [6, 6.07) is 0. The van der Waals surface area contributed by atoms with E-state index in [9.17, 15) is 5.21 Å². The molecule has 170 valence electrons. The van der Waals surface area contributed by atoms with Crippen LogP contribution < -0.4 is 0 Å². The molecule has 30 heavy (non-hydrogen) atoms. The second-order valence-corrected chi connectivity index (χ2v) is 12.4. The van der Waals surface area contributed by atoms with Crippen molar-refractivity contribution in [2.24, 2.45) is 57.4 Å². The van der Waals surface area contributed by atoms with Gasteiger partial charge in [-0.3, -0.25) is 0 Å². The summed E-state index contributed by atoms with van der Waals surface area (Å²) in [4.78, 5) is 0. The maximum Gasteiger partial charge on any atom is 0.0614 e. The average molecular weight is 415 g/mol. The third-order valence-electron chi connectivity index (χ3n) is 10.7. The Bertz CT molecular complexity index is 716. The molecule has 0 heterocycles. The predicted octanol–water partition coefficient (Wildman–Crippen LogP) is 8.10. The summed E-state index contributed by atoms with van der Waals surface area (Å²) in [5.41, 5.74) is 2.23. The lowest BCUT2D eigenvalue weighted by atomic mass is 9.43. The van der Waals surface area contributed by atoms with Gasteiger partial charge >= 0.3 is 0 Å². The van der Waals surface area contributed by atoms with Crippen LogP contribution in [0, 0.1) is 52.3 Å². The van der Waals surface area contributed by atoms with E-state index in [1.165, 1.54) is 57.8 Å². The van der Waals surface area contributed by atoms with E-state index in [0.29, 0.717) is 23.0 Å². The number of rotatable bonds is 5. The Morgan fingerprint density at radius 3 is 2.57 bits per heavy atom. The summed E-state index contributed by atoms with van der Waals surface area (Å²) in [5, 5.41) is 12.9. The van der Waals surface area contributed by atoms with Gasteiger partial charge in [-0.15, -0.1) is 0 Å². The molecule has 2 heteroatoms. The van der Waals surface area contributed by atoms with Crippen LogP contribution in [0.15, 0.2) is 17.3 Å². The fourth-order valence-corrected chi connectivity index (χ4v) is 9.01. The highest BCUT2D eigenvalue weighted by Gasteiger charge is 2.61. The van der Waals surface area contributed by atoms with Crippen LogP contribution in [0.25, 0.3) is 0 Å². The van der Waals surface area contributed by atoms with Gasteiger partial charge in [0.1, 0.15) is 0 Å². The molecule has 4 rings (SSSR count). The molecular formula is C28H47NO. The Morgan fingerprint density at radius 1 is 1.10 bits per heavy atom. The van der Waals surface area contributed by atoms with Crippen LogP contribution in [0.1, 0.15) is 107 Å². The summed E-state index contributed by atoms with van der Waals surface area (Å²) in [6.45, 7) is 16.8. The summed E-state index contributed by atoms with van der Waals surface area (Å²) in [7, 11) is 0. The monoisotopic (exact) mass is 414 g/mol. The maximum absolute atomic E-state index is 9.44. The van der Waals surface area contributed by atoms with Crippen molar-refractivity contribution in [2.45, 2.75) is 105 Å². The highest BCUT2D eigenvalue weighted by atomic mass is 16.4. The molecule has 0 amide bonds. The largest absolute Gasteiger partial charge is 0.411 e. The van der Waals surface area contributed by atoms with Crippen molar-refractivity contribution in [1.29, 1.82) is 0 Å². The van der Waals surface area contributed by atoms with Gasteiger partial charge in [-0.1, -0.05) is 71.2 Å². The fraction of sp³-hybridized carbons (Fsp3) is 0.893. The Hall–Kier alpha value is -0.790. The third-order valence-corrected chi connectivity index (χ3v) is 10.7. The summed E-state index contributed by atoms with van der Waals surface area (Å²) in [6.07, 6.45) is 12.5. The smallest absolute Gasteiger partial charge is 0.0614 e. The number of fused-ring (bicyclic) bond motifs is 5. The fourth-order valence-electron chi connectivity index (χ4n) is 9.01. The van der Waals surface area contributed by atoms with Crippen molar-refractivity contribution in [3.63, 3.8) is 0 Å². The highest BCUT2D eigenvalue weighted by Crippen LogP contribution is 2.68. The van der Waals surface area contributed by atoms with Crippen LogP contribution >= 0.6 is 0 Å². The molecule has 0 aromatic carbocycles. The standard InChI is InChI=1S/C28H47NO/c1-18(2)8-7-9-19(3)24-12-13-25-23-11-10-21-17-22(29-30)16-20(4)28(21,6)26(23)14-15-27(24,25)5/h18-19,21,23-26,30H,4,7-17H2,1-3,5-6H3/b29-22+/t19-,21-,23+,24-,25+,26+,27-,28+/m1/s1/i16D/t16-,19+,21+,23-,24+,25-,26-,27+,28-/m0. The van der Waals surface area contributed by atoms with Crippen LogP contribution in [-0.4, -0.2) is 10.9 Å². The predicted molar refractivity (Wildman–Crippen MR) is 127 cm³/mol. The first kappa shape index (κ1) is 21.1. The Kier molecular flexibility index (Phi) is 5.82. The van der Waals surface area contributed by atoms with Gasteiger partial charge in [0, 0.05) is 7.77 Å². The molecule has 0 aliphatic heterocycles. The Morgan fingerprint density at radius 2 is 1.87 bits per heavy atom. The topological polar surface area (TPSA) is 32.6 Å². The van der Waals surface area contributed by atoms with Crippen molar-refractivity contribution in [3.8, 4) is 0 Å². The summed E-state index contributed by atoms with van der Waals surface area (Å²) >= 11 is 0. The molecule has 9 atom stereocenters. The first-order valence-corrected chi connectivity index (χ1v) is 13.0. The van der Waals surface area contributed by atoms with E-state index >= 15 is 0 Å². The molecule has 4 fully saturated rings. The van der Waals surface area contributed by atoms with E-state index in [-0.39, 0.29) is 5.41 Å². The Balaban J connectivity index is 1.52. The van der Waals surface area contributed by atoms with Gasteiger partial charge in [0.25, 0.3) is 0 Å². The molecule has 1 N–H and O–H groups in total. The van der Waals surface area contributed by atoms with Crippen LogP contribution in [0.2, 0.25) is 0 Å². The summed E-state index contributed by atoms with van der Waals surface area (Å²) < 4.78 is 8.67. The molecule has 4 aliphatic rings. The number of hydrogen-bond donors (Lipinski definition) is 1. The van der Waals surface area contributed by atoms with Crippen molar-refractivity contribution in [1.82, 2.24) is 0 Å². The Labute approximate surface area is 187 Å². The van der Waals surface area contributed by atoms with E-state index in [1.807, 2.05) is 0 Å². The first-order chi connectivity index (χ1) is 14.6. The minimum Gasteiger partial charge on any atom is -0.411 e. The number of hydrogen-bond acceptors (Lipinski definition) is 2. The number of nitrogens with zero attached hydrogens (tertiary/aromatic N) is 1. The van der Waals surface area contributed by atoms with E-state index in [4.69, 9.17) is 1.37 Å². The van der Waals surface area contributed by atoms with Crippen LogP contribution in [-0.2, 0) is 0 Å². The second-order valence-electron chi connectivity index (χ2n) is 12.4. The van der Waals surface area contributed by atoms with Gasteiger partial charge in [-0.25, -0.2) is 0 Å². The number of oxime groups is 1. The van der Waals surface area contributed by atoms with E-state index in [1.54, 1.807) is 0 Å². The zero-order valence-corrected chi connectivity index (χ0v) is 20.3. The van der Waals surface area contributed by atoms with Crippen LogP contribution in [0.3, 0.4) is 0 Å². The van der Waals surface area contributed by atoms with Gasteiger partial charge < -0.3 is 5.21 Å². The lowest BCUT2D eigenvalue weighted by molar-refractivity contribution is -0.0867. The van der Waals surface area contributed by atoms with Gasteiger partial charge in [0.15, 0.2) is 0 Å². The molecule has 4 saturated carbocycles. The van der Waals surface area contributed by atoms with Gasteiger partial charge in [0.05, 0.1) is 5.71 Å². The lowest BCUT2D eigenvalue weighted by Gasteiger charge is -2.61. The van der Waals surface area contributed by atoms with Crippen molar-refractivity contribution < 1.29 is 6.58 Å². The minimum atomic E-state index is -0.518. The molecule has 0 radical (unpaired) electrons. The first-order valence-electron chi connectivity index (χ1n) is 13.5. The van der Waals surface area contributed by atoms with Gasteiger partial charge in [-0.2, -0.15) is 0 Å².